The summed E-state index contributed by atoms with van der Waals surface area (Å²) in [7, 11) is 0. The third-order valence-electron chi connectivity index (χ3n) is 6.76. The summed E-state index contributed by atoms with van der Waals surface area (Å²) in [5.41, 5.74) is 6.11. The number of allylic oxidation sites excluding steroid dienone is 6. The van der Waals surface area contributed by atoms with E-state index in [1.54, 1.807) is 0 Å². The Morgan fingerprint density at radius 1 is 0.838 bits per heavy atom. The Balaban J connectivity index is 1.43. The first-order valence-electron chi connectivity index (χ1n) is 12.5. The first kappa shape index (κ1) is 23.9. The lowest BCUT2D eigenvalue weighted by Gasteiger charge is -2.30. The van der Waals surface area contributed by atoms with Gasteiger partial charge in [0.15, 0.2) is 0 Å². The van der Waals surface area contributed by atoms with Crippen molar-refractivity contribution in [2.45, 2.75) is 26.2 Å². The summed E-state index contributed by atoms with van der Waals surface area (Å²) in [6.07, 6.45) is 8.65. The molecule has 0 amide bonds. The highest BCUT2D eigenvalue weighted by Gasteiger charge is 2.28. The van der Waals surface area contributed by atoms with E-state index in [0.717, 1.165) is 53.2 Å². The second-order valence-electron chi connectivity index (χ2n) is 9.23. The number of ether oxygens (including phenoxy) is 1. The maximum Gasteiger partial charge on any atom is 0.137 e. The molecule has 2 aliphatic rings. The van der Waals surface area contributed by atoms with Crippen LogP contribution in [0, 0.1) is 28.6 Å². The van der Waals surface area contributed by atoms with Gasteiger partial charge in [0.1, 0.15) is 29.2 Å². The Kier molecular flexibility index (Phi) is 7.02. The van der Waals surface area contributed by atoms with Crippen molar-refractivity contribution in [3.63, 3.8) is 0 Å². The van der Waals surface area contributed by atoms with Crippen molar-refractivity contribution in [1.29, 1.82) is 10.5 Å². The van der Waals surface area contributed by atoms with E-state index in [9.17, 15) is 10.5 Å². The lowest BCUT2D eigenvalue weighted by Crippen LogP contribution is -2.17. The molecule has 4 heteroatoms. The van der Waals surface area contributed by atoms with Crippen LogP contribution in [0.2, 0.25) is 0 Å². The van der Waals surface area contributed by atoms with E-state index in [4.69, 9.17) is 4.74 Å². The Bertz CT molecular complexity index is 1430. The number of hydrogen-bond donors (Lipinski definition) is 0. The number of benzene rings is 3. The minimum atomic E-state index is 0.141. The van der Waals surface area contributed by atoms with Crippen LogP contribution in [0.3, 0.4) is 0 Å². The Hall–Kier alpha value is -4.80. The molecule has 180 valence electrons. The van der Waals surface area contributed by atoms with Gasteiger partial charge in [-0.15, -0.1) is 0 Å². The van der Waals surface area contributed by atoms with Gasteiger partial charge in [-0.2, -0.15) is 10.5 Å². The Labute approximate surface area is 218 Å². The standard InChI is InChI=1S/C33H27N3O/c1-24-9-8-14-31-32(26(22-34)23-35)21-30(37-33(24)31)20-17-25-15-18-29(19-16-25)36(27-10-4-2-5-11-27)28-12-6-3-7-13-28/h2-7,10-13,15-21,24H,8-9,14H2,1H3/b20-17+. The van der Waals surface area contributed by atoms with Gasteiger partial charge in [0.25, 0.3) is 0 Å². The molecule has 0 radical (unpaired) electrons. The zero-order chi connectivity index (χ0) is 25.6. The number of anilines is 3. The van der Waals surface area contributed by atoms with E-state index in [0.29, 0.717) is 11.3 Å². The van der Waals surface area contributed by atoms with Gasteiger partial charge in [-0.1, -0.05) is 61.5 Å². The lowest BCUT2D eigenvalue weighted by molar-refractivity contribution is 0.243. The zero-order valence-electron chi connectivity index (χ0n) is 20.8. The molecule has 1 aliphatic heterocycles. The van der Waals surface area contributed by atoms with Crippen LogP contribution in [0.4, 0.5) is 17.1 Å². The van der Waals surface area contributed by atoms with Crippen LogP contribution in [0.5, 0.6) is 0 Å². The molecule has 0 saturated heterocycles. The topological polar surface area (TPSA) is 60.0 Å². The molecule has 0 aromatic heterocycles. The highest BCUT2D eigenvalue weighted by molar-refractivity contribution is 5.77. The second-order valence-corrected chi connectivity index (χ2v) is 9.23. The zero-order valence-corrected chi connectivity index (χ0v) is 20.8. The van der Waals surface area contributed by atoms with E-state index in [1.165, 1.54) is 0 Å². The maximum absolute atomic E-state index is 9.52. The third kappa shape index (κ3) is 5.10. The fourth-order valence-electron chi connectivity index (χ4n) is 4.92. The van der Waals surface area contributed by atoms with Crippen LogP contribution in [0.15, 0.2) is 125 Å². The van der Waals surface area contributed by atoms with Crippen molar-refractivity contribution >= 4 is 23.1 Å². The summed E-state index contributed by atoms with van der Waals surface area (Å²) in [4.78, 5) is 2.22. The Morgan fingerprint density at radius 2 is 1.43 bits per heavy atom. The quantitative estimate of drug-likeness (QED) is 0.343. The van der Waals surface area contributed by atoms with Gasteiger partial charge in [0.2, 0.25) is 0 Å². The van der Waals surface area contributed by atoms with E-state index in [2.05, 4.69) is 72.5 Å². The molecule has 0 bridgehead atoms. The van der Waals surface area contributed by atoms with Gasteiger partial charge in [0.05, 0.1) is 0 Å². The molecule has 3 aromatic carbocycles. The number of para-hydroxylation sites is 2. The largest absolute Gasteiger partial charge is 0.461 e. The number of hydrogen-bond acceptors (Lipinski definition) is 4. The molecule has 0 N–H and O–H groups in total. The number of nitrogens with zero attached hydrogens (tertiary/aromatic N) is 3. The molecular formula is C33H27N3O. The lowest BCUT2D eigenvalue weighted by atomic mass is 9.83. The highest BCUT2D eigenvalue weighted by Crippen LogP contribution is 2.41. The normalized spacial score (nSPS) is 16.8. The monoisotopic (exact) mass is 481 g/mol. The minimum Gasteiger partial charge on any atom is -0.461 e. The minimum absolute atomic E-state index is 0.141. The molecule has 5 rings (SSSR count). The molecule has 4 nitrogen and oxygen atoms in total. The van der Waals surface area contributed by atoms with Gasteiger partial charge < -0.3 is 9.64 Å². The van der Waals surface area contributed by atoms with Gasteiger partial charge in [-0.05, 0) is 73.4 Å². The number of rotatable bonds is 5. The summed E-state index contributed by atoms with van der Waals surface area (Å²) < 4.78 is 6.26. The van der Waals surface area contributed by atoms with Gasteiger partial charge in [-0.3, -0.25) is 0 Å². The highest BCUT2D eigenvalue weighted by atomic mass is 16.5. The van der Waals surface area contributed by atoms with Gasteiger partial charge >= 0.3 is 0 Å². The van der Waals surface area contributed by atoms with Crippen molar-refractivity contribution in [3.05, 3.63) is 131 Å². The molecular weight excluding hydrogens is 454 g/mol. The van der Waals surface area contributed by atoms with Crippen LogP contribution in [0.25, 0.3) is 6.08 Å². The SMILES string of the molecule is CC1CCCC2=C1OC(/C=C/c1ccc(N(c3ccccc3)c3ccccc3)cc1)=CC2=C(C#N)C#N. The van der Waals surface area contributed by atoms with Crippen molar-refractivity contribution in [2.24, 2.45) is 5.92 Å². The molecule has 3 aromatic rings. The van der Waals surface area contributed by atoms with E-state index in [-0.39, 0.29) is 11.5 Å². The molecule has 1 atom stereocenters. The molecule has 37 heavy (non-hydrogen) atoms. The smallest absolute Gasteiger partial charge is 0.137 e. The summed E-state index contributed by atoms with van der Waals surface area (Å²) in [5.74, 6) is 1.80. The summed E-state index contributed by atoms with van der Waals surface area (Å²) in [6, 6.07) is 33.1. The summed E-state index contributed by atoms with van der Waals surface area (Å²) >= 11 is 0. The third-order valence-corrected chi connectivity index (χ3v) is 6.76. The van der Waals surface area contributed by atoms with Gasteiger partial charge in [0, 0.05) is 34.1 Å². The first-order valence-corrected chi connectivity index (χ1v) is 12.5. The summed E-state index contributed by atoms with van der Waals surface area (Å²) in [6.45, 7) is 2.14. The average molecular weight is 482 g/mol. The predicted octanol–water partition coefficient (Wildman–Crippen LogP) is 8.50. The molecule has 0 saturated carbocycles. The van der Waals surface area contributed by atoms with Crippen molar-refractivity contribution in [1.82, 2.24) is 0 Å². The van der Waals surface area contributed by atoms with E-state index in [1.807, 2.05) is 54.6 Å². The fraction of sp³-hybridized carbons (Fsp3) is 0.152. The fourth-order valence-corrected chi connectivity index (χ4v) is 4.92. The van der Waals surface area contributed by atoms with Crippen LogP contribution in [0.1, 0.15) is 31.7 Å². The number of nitriles is 2. The predicted molar refractivity (Wildman–Crippen MR) is 148 cm³/mol. The van der Waals surface area contributed by atoms with Crippen molar-refractivity contribution < 1.29 is 4.74 Å². The molecule has 1 unspecified atom stereocenters. The molecule has 0 fully saturated rings. The van der Waals surface area contributed by atoms with E-state index < -0.39 is 0 Å². The summed E-state index contributed by atoms with van der Waals surface area (Å²) in [5, 5.41) is 19.0. The second kappa shape index (κ2) is 10.9. The van der Waals surface area contributed by atoms with Crippen molar-refractivity contribution in [2.75, 3.05) is 4.90 Å². The molecule has 1 aliphatic carbocycles. The van der Waals surface area contributed by atoms with Crippen LogP contribution in [-0.2, 0) is 4.74 Å². The van der Waals surface area contributed by atoms with Crippen LogP contribution < -0.4 is 4.90 Å². The average Bonchev–Trinajstić information content (AvgIpc) is 2.95. The van der Waals surface area contributed by atoms with Crippen molar-refractivity contribution in [3.8, 4) is 12.1 Å². The van der Waals surface area contributed by atoms with Crippen LogP contribution in [-0.4, -0.2) is 0 Å². The molecule has 0 spiro atoms. The van der Waals surface area contributed by atoms with Crippen LogP contribution >= 0.6 is 0 Å². The first-order chi connectivity index (χ1) is 18.2. The molecule has 1 heterocycles. The van der Waals surface area contributed by atoms with Gasteiger partial charge in [-0.25, -0.2) is 0 Å². The Morgan fingerprint density at radius 3 is 2.03 bits per heavy atom. The maximum atomic E-state index is 9.52. The van der Waals surface area contributed by atoms with E-state index >= 15 is 0 Å².